The molecule has 3 aromatic rings. The van der Waals surface area contributed by atoms with Crippen LogP contribution in [-0.2, 0) is 6.42 Å². The fraction of sp³-hybridized carbons (Fsp3) is 0.160. The third-order valence-electron chi connectivity index (χ3n) is 6.07. The number of carbonyl (C=O) groups is 1. The van der Waals surface area contributed by atoms with E-state index < -0.39 is 5.41 Å². The molecule has 0 unspecified atom stereocenters. The number of hydrogen-bond acceptors (Lipinski definition) is 5. The Morgan fingerprint density at radius 3 is 2.42 bits per heavy atom. The Morgan fingerprint density at radius 1 is 0.968 bits per heavy atom. The van der Waals surface area contributed by atoms with Gasteiger partial charge in [0.2, 0.25) is 0 Å². The summed E-state index contributed by atoms with van der Waals surface area (Å²) in [6.07, 6.45) is 1.38. The number of halogens is 1. The largest absolute Gasteiger partial charge is 0.410 e. The van der Waals surface area contributed by atoms with Gasteiger partial charge in [-0.2, -0.15) is 0 Å². The van der Waals surface area contributed by atoms with Crippen LogP contribution in [0.2, 0.25) is 0 Å². The number of Topliss-reactive ketones (excluding diaryl/α,β-unsaturated/α-hetero) is 1. The van der Waals surface area contributed by atoms with Gasteiger partial charge in [0.05, 0.1) is 22.1 Å². The highest BCUT2D eigenvalue weighted by atomic mass is 79.9. The molecule has 1 aliphatic heterocycles. The lowest BCUT2D eigenvalue weighted by molar-refractivity contribution is 0.0843. The van der Waals surface area contributed by atoms with E-state index in [4.69, 9.17) is 4.99 Å². The summed E-state index contributed by atoms with van der Waals surface area (Å²) in [5, 5.41) is 14.8. The molecule has 3 aromatic carbocycles. The first-order valence-corrected chi connectivity index (χ1v) is 11.7. The van der Waals surface area contributed by atoms with Gasteiger partial charge in [0.25, 0.3) is 0 Å². The number of carbonyl (C=O) groups excluding carboxylic acids is 1. The first-order valence-electron chi connectivity index (χ1n) is 10.1. The van der Waals surface area contributed by atoms with E-state index in [1.807, 2.05) is 78.9 Å². The van der Waals surface area contributed by atoms with Crippen LogP contribution in [0.3, 0.4) is 0 Å². The van der Waals surface area contributed by atoms with Crippen molar-refractivity contribution in [2.45, 2.75) is 18.8 Å². The van der Waals surface area contributed by atoms with Crippen molar-refractivity contribution in [3.05, 3.63) is 100 Å². The second kappa shape index (κ2) is 8.09. The highest BCUT2D eigenvalue weighted by Gasteiger charge is 2.59. The van der Waals surface area contributed by atoms with Gasteiger partial charge in [-0.15, -0.1) is 0 Å². The topological polar surface area (TPSA) is 62.0 Å². The molecule has 1 aliphatic carbocycles. The molecule has 1 spiro atoms. The van der Waals surface area contributed by atoms with E-state index in [1.165, 1.54) is 11.8 Å². The Labute approximate surface area is 193 Å². The molecule has 0 saturated carbocycles. The molecule has 0 aromatic heterocycles. The van der Waals surface area contributed by atoms with Crippen LogP contribution in [0.4, 0.5) is 5.69 Å². The lowest BCUT2D eigenvalue weighted by Crippen LogP contribution is -2.44. The average molecular weight is 491 g/mol. The Morgan fingerprint density at radius 2 is 1.68 bits per heavy atom. The van der Waals surface area contributed by atoms with Crippen molar-refractivity contribution < 1.29 is 10.0 Å². The molecule has 1 saturated heterocycles. The number of aryl methyl sites for hydroxylation is 1. The predicted molar refractivity (Wildman–Crippen MR) is 129 cm³/mol. The van der Waals surface area contributed by atoms with Crippen molar-refractivity contribution in [1.29, 1.82) is 0 Å². The van der Waals surface area contributed by atoms with Gasteiger partial charge in [0.15, 0.2) is 5.78 Å². The summed E-state index contributed by atoms with van der Waals surface area (Å²) in [5.74, 6) is -0.345. The van der Waals surface area contributed by atoms with E-state index in [2.05, 4.69) is 21.1 Å². The fourth-order valence-electron chi connectivity index (χ4n) is 4.61. The molecular weight excluding hydrogens is 472 g/mol. The second-order valence-electron chi connectivity index (χ2n) is 7.73. The standard InChI is InChI=1S/C25H19BrN2O2S/c26-18-12-10-17(11-13-18)21-23(28-30)31-24(27-19-7-2-1-3-8-19)25(21)15-14-16-6-4-5-9-20(16)22(25)29/h1-13,21,30H,14-15H2/b27-24?,28-23-/t21-,25-/m0/s1. The first kappa shape index (κ1) is 20.2. The molecule has 31 heavy (non-hydrogen) atoms. The molecule has 0 bridgehead atoms. The molecule has 0 radical (unpaired) electrons. The molecule has 2 atom stereocenters. The van der Waals surface area contributed by atoms with E-state index in [9.17, 15) is 10.0 Å². The Kier molecular flexibility index (Phi) is 5.28. The number of benzene rings is 3. The van der Waals surface area contributed by atoms with E-state index >= 15 is 0 Å². The summed E-state index contributed by atoms with van der Waals surface area (Å²) in [6, 6.07) is 25.3. The number of para-hydroxylation sites is 1. The van der Waals surface area contributed by atoms with E-state index in [1.54, 1.807) is 0 Å². The molecule has 2 aliphatic rings. The molecule has 1 N–H and O–H groups in total. The van der Waals surface area contributed by atoms with E-state index in [0.717, 1.165) is 33.3 Å². The number of oxime groups is 1. The number of fused-ring (bicyclic) bond motifs is 1. The zero-order valence-corrected chi connectivity index (χ0v) is 18.9. The first-order chi connectivity index (χ1) is 15.1. The van der Waals surface area contributed by atoms with Gasteiger partial charge in [-0.05, 0) is 48.2 Å². The van der Waals surface area contributed by atoms with Crippen LogP contribution in [0, 0.1) is 5.41 Å². The second-order valence-corrected chi connectivity index (χ2v) is 9.66. The minimum atomic E-state index is -0.899. The van der Waals surface area contributed by atoms with Crippen molar-refractivity contribution >= 4 is 49.2 Å². The van der Waals surface area contributed by atoms with Gasteiger partial charge in [-0.3, -0.25) is 4.79 Å². The fourth-order valence-corrected chi connectivity index (χ4v) is 6.22. The van der Waals surface area contributed by atoms with Crippen molar-refractivity contribution in [3.8, 4) is 0 Å². The Balaban J connectivity index is 1.75. The average Bonchev–Trinajstić information content (AvgIpc) is 3.11. The highest BCUT2D eigenvalue weighted by molar-refractivity contribution is 9.10. The number of thioether (sulfide) groups is 1. The maximum atomic E-state index is 14.1. The lowest BCUT2D eigenvalue weighted by Gasteiger charge is -2.37. The smallest absolute Gasteiger partial charge is 0.176 e. The third-order valence-corrected chi connectivity index (χ3v) is 7.77. The summed E-state index contributed by atoms with van der Waals surface area (Å²) in [4.78, 5) is 19.0. The van der Waals surface area contributed by atoms with Gasteiger partial charge < -0.3 is 5.21 Å². The molecule has 4 nitrogen and oxygen atoms in total. The van der Waals surface area contributed by atoms with Gasteiger partial charge in [0, 0.05) is 10.0 Å². The summed E-state index contributed by atoms with van der Waals surface area (Å²) in [7, 11) is 0. The van der Waals surface area contributed by atoms with Crippen molar-refractivity contribution in [3.63, 3.8) is 0 Å². The van der Waals surface area contributed by atoms with Gasteiger partial charge in [-0.25, -0.2) is 4.99 Å². The summed E-state index contributed by atoms with van der Waals surface area (Å²) >= 11 is 4.80. The predicted octanol–water partition coefficient (Wildman–Crippen LogP) is 6.61. The van der Waals surface area contributed by atoms with Crippen LogP contribution >= 0.6 is 27.7 Å². The number of aliphatic imine (C=N–C) groups is 1. The van der Waals surface area contributed by atoms with E-state index in [-0.39, 0.29) is 11.7 Å². The SMILES string of the molecule is O=C1c2ccccc2CC[C@@]12C(=Nc1ccccc1)S/C(=N\O)[C@@H]2c1ccc(Br)cc1. The third kappa shape index (κ3) is 3.34. The minimum absolute atomic E-state index is 0.0445. The zero-order valence-electron chi connectivity index (χ0n) is 16.5. The summed E-state index contributed by atoms with van der Waals surface area (Å²) in [6.45, 7) is 0. The Bertz CT molecular complexity index is 1210. The highest BCUT2D eigenvalue weighted by Crippen LogP contribution is 2.57. The molecular formula is C25H19BrN2O2S. The van der Waals surface area contributed by atoms with Crippen LogP contribution in [0.25, 0.3) is 0 Å². The van der Waals surface area contributed by atoms with Crippen LogP contribution in [0.15, 0.2) is 93.5 Å². The molecule has 6 heteroatoms. The summed E-state index contributed by atoms with van der Waals surface area (Å²) in [5.41, 5.74) is 2.62. The summed E-state index contributed by atoms with van der Waals surface area (Å²) < 4.78 is 0.955. The number of nitrogens with zero attached hydrogens (tertiary/aromatic N) is 2. The van der Waals surface area contributed by atoms with Gasteiger partial charge >= 0.3 is 0 Å². The molecule has 1 heterocycles. The van der Waals surface area contributed by atoms with E-state index in [0.29, 0.717) is 16.5 Å². The van der Waals surface area contributed by atoms with Crippen molar-refractivity contribution in [1.82, 2.24) is 0 Å². The molecule has 1 fully saturated rings. The Hall–Kier alpha value is -2.70. The molecule has 0 amide bonds. The van der Waals surface area contributed by atoms with Gasteiger partial charge in [0.1, 0.15) is 5.04 Å². The minimum Gasteiger partial charge on any atom is -0.410 e. The van der Waals surface area contributed by atoms with Crippen molar-refractivity contribution in [2.24, 2.45) is 15.6 Å². The maximum absolute atomic E-state index is 14.1. The number of rotatable bonds is 2. The monoisotopic (exact) mass is 490 g/mol. The normalized spacial score (nSPS) is 25.3. The maximum Gasteiger partial charge on any atom is 0.176 e. The van der Waals surface area contributed by atoms with Crippen LogP contribution in [0.1, 0.15) is 33.8 Å². The molecule has 154 valence electrons. The quantitative estimate of drug-likeness (QED) is 0.324. The number of ketones is 1. The number of hydrogen-bond donors (Lipinski definition) is 1. The van der Waals surface area contributed by atoms with Crippen LogP contribution in [0.5, 0.6) is 0 Å². The van der Waals surface area contributed by atoms with Gasteiger partial charge in [-0.1, -0.05) is 87.4 Å². The van der Waals surface area contributed by atoms with Crippen LogP contribution in [-0.4, -0.2) is 21.1 Å². The molecule has 5 rings (SSSR count). The van der Waals surface area contributed by atoms with Crippen molar-refractivity contribution in [2.75, 3.05) is 0 Å². The zero-order chi connectivity index (χ0) is 21.4. The lowest BCUT2D eigenvalue weighted by atomic mass is 9.62. The van der Waals surface area contributed by atoms with Crippen LogP contribution < -0.4 is 0 Å².